The summed E-state index contributed by atoms with van der Waals surface area (Å²) in [5, 5.41) is 3.26. The zero-order valence-corrected chi connectivity index (χ0v) is 13.1. The average Bonchev–Trinajstić information content (AvgIpc) is 2.45. The molecule has 1 aromatic carbocycles. The fourth-order valence-electron chi connectivity index (χ4n) is 2.08. The Balaban J connectivity index is 2.66. The number of amides is 1. The van der Waals surface area contributed by atoms with Crippen molar-refractivity contribution in [2.75, 3.05) is 20.7 Å². The molecule has 1 atom stereocenters. The van der Waals surface area contributed by atoms with Gasteiger partial charge in [0.2, 0.25) is 5.91 Å². The Morgan fingerprint density at radius 1 is 1.30 bits per heavy atom. The predicted octanol–water partition coefficient (Wildman–Crippen LogP) is 2.60. The maximum absolute atomic E-state index is 12.2. The summed E-state index contributed by atoms with van der Waals surface area (Å²) in [6.45, 7) is 6.88. The van der Waals surface area contributed by atoms with Crippen LogP contribution in [0.4, 0.5) is 0 Å². The van der Waals surface area contributed by atoms with Crippen molar-refractivity contribution < 1.29 is 9.53 Å². The maximum Gasteiger partial charge on any atom is 0.224 e. The Bertz CT molecular complexity index is 432. The zero-order chi connectivity index (χ0) is 15.1. The summed E-state index contributed by atoms with van der Waals surface area (Å²) in [5.41, 5.74) is 1.03. The van der Waals surface area contributed by atoms with Gasteiger partial charge in [-0.3, -0.25) is 4.79 Å². The van der Waals surface area contributed by atoms with Gasteiger partial charge in [0.1, 0.15) is 5.75 Å². The number of ether oxygens (including phenoxy) is 1. The first kappa shape index (κ1) is 16.5. The van der Waals surface area contributed by atoms with E-state index in [1.54, 1.807) is 12.0 Å². The van der Waals surface area contributed by atoms with E-state index >= 15 is 0 Å². The van der Waals surface area contributed by atoms with Crippen molar-refractivity contribution in [2.45, 2.75) is 39.3 Å². The van der Waals surface area contributed by atoms with Gasteiger partial charge in [0.25, 0.3) is 0 Å². The first-order valence-corrected chi connectivity index (χ1v) is 7.09. The molecule has 4 heteroatoms. The molecule has 0 radical (unpaired) electrons. The number of carbonyl (C=O) groups is 1. The topological polar surface area (TPSA) is 41.6 Å². The molecule has 0 aliphatic carbocycles. The summed E-state index contributed by atoms with van der Waals surface area (Å²) in [5.74, 6) is 0.955. The number of benzene rings is 1. The molecule has 1 aromatic rings. The Morgan fingerprint density at radius 3 is 2.55 bits per heavy atom. The molecular formula is C16H26N2O2. The number of para-hydroxylation sites is 1. The number of carbonyl (C=O) groups excluding carboxylic acids is 1. The van der Waals surface area contributed by atoms with Crippen LogP contribution in [0.25, 0.3) is 0 Å². The highest BCUT2D eigenvalue weighted by atomic mass is 16.5. The molecule has 0 bridgehead atoms. The summed E-state index contributed by atoms with van der Waals surface area (Å²) >= 11 is 0. The monoisotopic (exact) mass is 278 g/mol. The molecule has 20 heavy (non-hydrogen) atoms. The second kappa shape index (κ2) is 7.90. The van der Waals surface area contributed by atoms with Crippen molar-refractivity contribution in [1.29, 1.82) is 0 Å². The smallest absolute Gasteiger partial charge is 0.224 e. The van der Waals surface area contributed by atoms with E-state index in [2.05, 4.69) is 19.2 Å². The van der Waals surface area contributed by atoms with Crippen molar-refractivity contribution in [3.63, 3.8) is 0 Å². The molecule has 0 saturated carbocycles. The largest absolute Gasteiger partial charge is 0.496 e. The van der Waals surface area contributed by atoms with Crippen LogP contribution in [0.3, 0.4) is 0 Å². The number of hydrogen-bond donors (Lipinski definition) is 1. The van der Waals surface area contributed by atoms with Gasteiger partial charge < -0.3 is 15.0 Å². The first-order chi connectivity index (χ1) is 9.47. The highest BCUT2D eigenvalue weighted by Gasteiger charge is 2.19. The molecule has 1 N–H and O–H groups in total. The van der Waals surface area contributed by atoms with Crippen molar-refractivity contribution >= 4 is 5.91 Å². The lowest BCUT2D eigenvalue weighted by Gasteiger charge is -2.27. The van der Waals surface area contributed by atoms with Crippen molar-refractivity contribution in [3.8, 4) is 5.75 Å². The Labute approximate surface area is 122 Å². The maximum atomic E-state index is 12.2. The van der Waals surface area contributed by atoms with Crippen LogP contribution in [0.5, 0.6) is 5.75 Å². The van der Waals surface area contributed by atoms with E-state index in [0.717, 1.165) is 11.3 Å². The number of nitrogens with one attached hydrogen (secondary N) is 1. The van der Waals surface area contributed by atoms with E-state index in [-0.39, 0.29) is 11.9 Å². The molecule has 0 aliphatic heterocycles. The van der Waals surface area contributed by atoms with Gasteiger partial charge in [0.05, 0.1) is 13.2 Å². The van der Waals surface area contributed by atoms with E-state index in [9.17, 15) is 4.79 Å². The van der Waals surface area contributed by atoms with Gasteiger partial charge >= 0.3 is 0 Å². The Hall–Kier alpha value is -1.55. The zero-order valence-electron chi connectivity index (χ0n) is 13.1. The molecule has 0 heterocycles. The SMILES string of the molecule is COc1ccccc1C(C)N(C)C(=O)CCNC(C)C. The lowest BCUT2D eigenvalue weighted by molar-refractivity contribution is -0.131. The van der Waals surface area contributed by atoms with Crippen LogP contribution in [0.1, 0.15) is 38.8 Å². The molecule has 0 saturated heterocycles. The van der Waals surface area contributed by atoms with E-state index in [0.29, 0.717) is 19.0 Å². The third kappa shape index (κ3) is 4.53. The molecule has 4 nitrogen and oxygen atoms in total. The predicted molar refractivity (Wildman–Crippen MR) is 81.9 cm³/mol. The minimum absolute atomic E-state index is 0.00213. The Morgan fingerprint density at radius 2 is 1.95 bits per heavy atom. The second-order valence-electron chi connectivity index (χ2n) is 5.28. The molecular weight excluding hydrogens is 252 g/mol. The average molecular weight is 278 g/mol. The number of methoxy groups -OCH3 is 1. The first-order valence-electron chi connectivity index (χ1n) is 7.09. The van der Waals surface area contributed by atoms with Crippen molar-refractivity contribution in [1.82, 2.24) is 10.2 Å². The van der Waals surface area contributed by atoms with Crippen LogP contribution in [-0.2, 0) is 4.79 Å². The highest BCUT2D eigenvalue weighted by molar-refractivity contribution is 5.76. The van der Waals surface area contributed by atoms with Crippen LogP contribution >= 0.6 is 0 Å². The van der Waals surface area contributed by atoms with E-state index < -0.39 is 0 Å². The van der Waals surface area contributed by atoms with Gasteiger partial charge in [-0.1, -0.05) is 32.0 Å². The third-order valence-electron chi connectivity index (χ3n) is 3.45. The summed E-state index contributed by atoms with van der Waals surface area (Å²) in [7, 11) is 3.49. The number of nitrogens with zero attached hydrogens (tertiary/aromatic N) is 1. The van der Waals surface area contributed by atoms with Gasteiger partial charge in [0, 0.05) is 31.6 Å². The summed E-state index contributed by atoms with van der Waals surface area (Å²) in [6, 6.07) is 8.22. The molecule has 1 rings (SSSR count). The van der Waals surface area contributed by atoms with Crippen LogP contribution in [0, 0.1) is 0 Å². The minimum Gasteiger partial charge on any atom is -0.496 e. The fourth-order valence-corrected chi connectivity index (χ4v) is 2.08. The van der Waals surface area contributed by atoms with Gasteiger partial charge in [-0.25, -0.2) is 0 Å². The second-order valence-corrected chi connectivity index (χ2v) is 5.28. The summed E-state index contributed by atoms with van der Waals surface area (Å²) in [6.07, 6.45) is 0.508. The normalized spacial score (nSPS) is 12.3. The summed E-state index contributed by atoms with van der Waals surface area (Å²) < 4.78 is 5.36. The minimum atomic E-state index is -0.00213. The molecule has 0 aromatic heterocycles. The number of rotatable bonds is 7. The van der Waals surface area contributed by atoms with Gasteiger partial charge in [-0.15, -0.1) is 0 Å². The molecule has 112 valence electrons. The van der Waals surface area contributed by atoms with E-state index in [1.165, 1.54) is 0 Å². The molecule has 1 unspecified atom stereocenters. The van der Waals surface area contributed by atoms with Crippen LogP contribution in [0.2, 0.25) is 0 Å². The third-order valence-corrected chi connectivity index (χ3v) is 3.45. The quantitative estimate of drug-likeness (QED) is 0.833. The standard InChI is InChI=1S/C16H26N2O2/c1-12(2)17-11-10-16(19)18(4)13(3)14-8-6-7-9-15(14)20-5/h6-9,12-13,17H,10-11H2,1-5H3. The van der Waals surface area contributed by atoms with E-state index in [4.69, 9.17) is 4.74 Å². The van der Waals surface area contributed by atoms with Gasteiger partial charge in [0.15, 0.2) is 0 Å². The lowest BCUT2D eigenvalue weighted by Crippen LogP contribution is -2.33. The summed E-state index contributed by atoms with van der Waals surface area (Å²) in [4.78, 5) is 14.0. The van der Waals surface area contributed by atoms with Crippen LogP contribution < -0.4 is 10.1 Å². The lowest BCUT2D eigenvalue weighted by atomic mass is 10.1. The Kier molecular flexibility index (Phi) is 6.52. The van der Waals surface area contributed by atoms with Gasteiger partial charge in [-0.2, -0.15) is 0 Å². The van der Waals surface area contributed by atoms with Crippen LogP contribution in [0.15, 0.2) is 24.3 Å². The van der Waals surface area contributed by atoms with Crippen molar-refractivity contribution in [2.24, 2.45) is 0 Å². The van der Waals surface area contributed by atoms with Gasteiger partial charge in [-0.05, 0) is 13.0 Å². The molecule has 0 aliphatic rings. The van der Waals surface area contributed by atoms with E-state index in [1.807, 2.05) is 38.2 Å². The fraction of sp³-hybridized carbons (Fsp3) is 0.562. The molecule has 0 fully saturated rings. The highest BCUT2D eigenvalue weighted by Crippen LogP contribution is 2.28. The molecule has 1 amide bonds. The van der Waals surface area contributed by atoms with Crippen LogP contribution in [-0.4, -0.2) is 37.6 Å². The number of hydrogen-bond acceptors (Lipinski definition) is 3. The molecule has 0 spiro atoms. The van der Waals surface area contributed by atoms with Crippen molar-refractivity contribution in [3.05, 3.63) is 29.8 Å².